The lowest BCUT2D eigenvalue weighted by molar-refractivity contribution is 0.415. The summed E-state index contributed by atoms with van der Waals surface area (Å²) in [4.78, 5) is 4.90. The average molecular weight is 400 g/mol. The molecule has 0 spiro atoms. The number of hydrogen-bond acceptors (Lipinski definition) is 3. The molecule has 1 atom stereocenters. The maximum Gasteiger partial charge on any atom is 0.127 e. The molecule has 30 heavy (non-hydrogen) atoms. The van der Waals surface area contributed by atoms with Crippen LogP contribution in [-0.4, -0.2) is 16.7 Å². The zero-order chi connectivity index (χ0) is 21.1. The SMILES string of the molecule is COc1cccc(-c2ccc(CN[C@@H](C)c3nc4ccccc4n3C(C)C)cc2)c1. The first-order valence-corrected chi connectivity index (χ1v) is 10.5. The van der Waals surface area contributed by atoms with Crippen molar-refractivity contribution in [2.45, 2.75) is 39.4 Å². The molecule has 154 valence electrons. The van der Waals surface area contributed by atoms with E-state index in [1.54, 1.807) is 7.11 Å². The Labute approximate surface area is 178 Å². The highest BCUT2D eigenvalue weighted by Gasteiger charge is 2.18. The van der Waals surface area contributed by atoms with E-state index >= 15 is 0 Å². The zero-order valence-corrected chi connectivity index (χ0v) is 18.1. The maximum absolute atomic E-state index is 5.34. The monoisotopic (exact) mass is 399 g/mol. The molecule has 0 saturated carbocycles. The van der Waals surface area contributed by atoms with Gasteiger partial charge in [-0.1, -0.05) is 48.5 Å². The van der Waals surface area contributed by atoms with E-state index in [0.29, 0.717) is 6.04 Å². The third-order valence-electron chi connectivity index (χ3n) is 5.50. The zero-order valence-electron chi connectivity index (χ0n) is 18.1. The Hall–Kier alpha value is -3.11. The minimum atomic E-state index is 0.151. The Balaban J connectivity index is 1.48. The summed E-state index contributed by atoms with van der Waals surface area (Å²) in [6.07, 6.45) is 0. The van der Waals surface area contributed by atoms with E-state index in [1.807, 2.05) is 18.2 Å². The maximum atomic E-state index is 5.34. The molecule has 1 heterocycles. The predicted molar refractivity (Wildman–Crippen MR) is 124 cm³/mol. The van der Waals surface area contributed by atoms with Crippen LogP contribution in [0.25, 0.3) is 22.2 Å². The van der Waals surface area contributed by atoms with Crippen LogP contribution in [0.2, 0.25) is 0 Å². The van der Waals surface area contributed by atoms with E-state index < -0.39 is 0 Å². The van der Waals surface area contributed by atoms with Gasteiger partial charge in [-0.15, -0.1) is 0 Å². The van der Waals surface area contributed by atoms with Gasteiger partial charge in [0.1, 0.15) is 11.6 Å². The summed E-state index contributed by atoms with van der Waals surface area (Å²) in [5.74, 6) is 1.96. The van der Waals surface area contributed by atoms with E-state index in [2.05, 4.69) is 85.3 Å². The molecule has 0 bridgehead atoms. The number of imidazole rings is 1. The van der Waals surface area contributed by atoms with Gasteiger partial charge in [0.15, 0.2) is 0 Å². The van der Waals surface area contributed by atoms with Crippen molar-refractivity contribution in [3.05, 3.63) is 84.2 Å². The van der Waals surface area contributed by atoms with Crippen molar-refractivity contribution in [3.63, 3.8) is 0 Å². The normalized spacial score (nSPS) is 12.4. The number of nitrogens with one attached hydrogen (secondary N) is 1. The Morgan fingerprint density at radius 1 is 0.900 bits per heavy atom. The van der Waals surface area contributed by atoms with Crippen LogP contribution in [0.4, 0.5) is 0 Å². The number of hydrogen-bond donors (Lipinski definition) is 1. The Morgan fingerprint density at radius 2 is 1.67 bits per heavy atom. The summed E-state index contributed by atoms with van der Waals surface area (Å²) in [7, 11) is 1.70. The van der Waals surface area contributed by atoms with E-state index in [1.165, 1.54) is 16.6 Å². The summed E-state index contributed by atoms with van der Waals surface area (Å²) in [6.45, 7) is 7.40. The molecule has 4 heteroatoms. The minimum Gasteiger partial charge on any atom is -0.497 e. The minimum absolute atomic E-state index is 0.151. The summed E-state index contributed by atoms with van der Waals surface area (Å²) < 4.78 is 7.67. The van der Waals surface area contributed by atoms with Gasteiger partial charge >= 0.3 is 0 Å². The van der Waals surface area contributed by atoms with E-state index in [-0.39, 0.29) is 6.04 Å². The van der Waals surface area contributed by atoms with Gasteiger partial charge in [-0.3, -0.25) is 0 Å². The molecule has 1 aromatic heterocycles. The highest BCUT2D eigenvalue weighted by atomic mass is 16.5. The quantitative estimate of drug-likeness (QED) is 0.405. The number of benzene rings is 3. The largest absolute Gasteiger partial charge is 0.497 e. The molecule has 4 rings (SSSR count). The van der Waals surface area contributed by atoms with Gasteiger partial charge in [-0.2, -0.15) is 0 Å². The lowest BCUT2D eigenvalue weighted by atomic mass is 10.0. The number of methoxy groups -OCH3 is 1. The lowest BCUT2D eigenvalue weighted by Gasteiger charge is -2.19. The molecule has 4 aromatic rings. The number of fused-ring (bicyclic) bond motifs is 1. The molecule has 3 aromatic carbocycles. The van der Waals surface area contributed by atoms with Crippen molar-refractivity contribution in [2.75, 3.05) is 7.11 Å². The lowest BCUT2D eigenvalue weighted by Crippen LogP contribution is -2.22. The van der Waals surface area contributed by atoms with Crippen molar-refractivity contribution >= 4 is 11.0 Å². The first kappa shape index (κ1) is 20.2. The molecule has 0 fully saturated rings. The molecule has 0 aliphatic carbocycles. The van der Waals surface area contributed by atoms with E-state index in [0.717, 1.165) is 29.2 Å². The van der Waals surface area contributed by atoms with Crippen molar-refractivity contribution < 1.29 is 4.74 Å². The molecular weight excluding hydrogens is 370 g/mol. The second-order valence-electron chi connectivity index (χ2n) is 7.95. The van der Waals surface area contributed by atoms with Crippen LogP contribution in [0.5, 0.6) is 5.75 Å². The Kier molecular flexibility index (Phi) is 5.86. The Morgan fingerprint density at radius 3 is 2.40 bits per heavy atom. The van der Waals surface area contributed by atoms with Crippen LogP contribution < -0.4 is 10.1 Å². The number of nitrogens with zero attached hydrogens (tertiary/aromatic N) is 2. The summed E-state index contributed by atoms with van der Waals surface area (Å²) in [5, 5.41) is 3.65. The van der Waals surface area contributed by atoms with E-state index in [4.69, 9.17) is 9.72 Å². The van der Waals surface area contributed by atoms with Crippen molar-refractivity contribution in [2.24, 2.45) is 0 Å². The summed E-state index contributed by atoms with van der Waals surface area (Å²) in [5.41, 5.74) is 5.84. The topological polar surface area (TPSA) is 39.1 Å². The van der Waals surface area contributed by atoms with E-state index in [9.17, 15) is 0 Å². The molecule has 0 saturated heterocycles. The van der Waals surface area contributed by atoms with Crippen molar-refractivity contribution in [1.29, 1.82) is 0 Å². The number of rotatable bonds is 7. The smallest absolute Gasteiger partial charge is 0.127 e. The third kappa shape index (κ3) is 4.10. The summed E-state index contributed by atoms with van der Waals surface area (Å²) >= 11 is 0. The fourth-order valence-electron chi connectivity index (χ4n) is 3.89. The molecular formula is C26H29N3O. The van der Waals surface area contributed by atoms with Gasteiger partial charge in [-0.25, -0.2) is 4.98 Å². The van der Waals surface area contributed by atoms with Crippen LogP contribution in [0.15, 0.2) is 72.8 Å². The predicted octanol–water partition coefficient (Wildman–Crippen LogP) is 6.14. The van der Waals surface area contributed by atoms with Gasteiger partial charge in [0, 0.05) is 12.6 Å². The fourth-order valence-corrected chi connectivity index (χ4v) is 3.89. The first-order chi connectivity index (χ1) is 14.6. The second-order valence-corrected chi connectivity index (χ2v) is 7.95. The Bertz CT molecular complexity index is 1130. The van der Waals surface area contributed by atoms with Crippen LogP contribution in [0.3, 0.4) is 0 Å². The van der Waals surface area contributed by atoms with Crippen LogP contribution in [-0.2, 0) is 6.54 Å². The van der Waals surface area contributed by atoms with Crippen LogP contribution >= 0.6 is 0 Å². The molecule has 0 unspecified atom stereocenters. The van der Waals surface area contributed by atoms with Gasteiger partial charge in [-0.05, 0) is 61.7 Å². The fraction of sp³-hybridized carbons (Fsp3) is 0.269. The number of para-hydroxylation sites is 2. The van der Waals surface area contributed by atoms with Crippen LogP contribution in [0.1, 0.15) is 44.2 Å². The average Bonchev–Trinajstić information content (AvgIpc) is 3.18. The molecule has 0 aliphatic rings. The molecule has 0 aliphatic heterocycles. The first-order valence-electron chi connectivity index (χ1n) is 10.5. The number of aromatic nitrogens is 2. The molecule has 1 N–H and O–H groups in total. The van der Waals surface area contributed by atoms with Crippen molar-refractivity contribution in [1.82, 2.24) is 14.9 Å². The summed E-state index contributed by atoms with van der Waals surface area (Å²) in [6, 6.07) is 25.7. The highest BCUT2D eigenvalue weighted by Crippen LogP contribution is 2.26. The third-order valence-corrected chi connectivity index (χ3v) is 5.50. The van der Waals surface area contributed by atoms with Gasteiger partial charge < -0.3 is 14.6 Å². The molecule has 0 amide bonds. The van der Waals surface area contributed by atoms with Gasteiger partial charge in [0.2, 0.25) is 0 Å². The number of ether oxygens (including phenoxy) is 1. The second kappa shape index (κ2) is 8.72. The standard InChI is InChI=1S/C26H29N3O/c1-18(2)29-25-11-6-5-10-24(25)28-26(29)19(3)27-17-20-12-14-21(15-13-20)22-8-7-9-23(16-22)30-4/h5-16,18-19,27H,17H2,1-4H3/t19-/m0/s1. The van der Waals surface area contributed by atoms with Gasteiger partial charge in [0.05, 0.1) is 24.2 Å². The molecule has 0 radical (unpaired) electrons. The van der Waals surface area contributed by atoms with Gasteiger partial charge in [0.25, 0.3) is 0 Å². The highest BCUT2D eigenvalue weighted by molar-refractivity contribution is 5.76. The van der Waals surface area contributed by atoms with Crippen LogP contribution in [0, 0.1) is 0 Å². The van der Waals surface area contributed by atoms with Crippen molar-refractivity contribution in [3.8, 4) is 16.9 Å². The molecule has 4 nitrogen and oxygen atoms in total.